The minimum atomic E-state index is -0.551. The summed E-state index contributed by atoms with van der Waals surface area (Å²) in [5.74, 6) is 0.111. The summed E-state index contributed by atoms with van der Waals surface area (Å²) in [6.45, 7) is 1.81. The summed E-state index contributed by atoms with van der Waals surface area (Å²) in [6.07, 6.45) is 7.00. The van der Waals surface area contributed by atoms with Crippen LogP contribution in [0.2, 0.25) is 5.15 Å². The maximum absolute atomic E-state index is 12.1. The quantitative estimate of drug-likeness (QED) is 0.831. The number of pyridine rings is 1. The number of halogens is 1. The van der Waals surface area contributed by atoms with E-state index in [-0.39, 0.29) is 12.5 Å². The van der Waals surface area contributed by atoms with E-state index in [0.29, 0.717) is 16.8 Å². The van der Waals surface area contributed by atoms with E-state index in [2.05, 4.69) is 10.3 Å². The lowest BCUT2D eigenvalue weighted by molar-refractivity contribution is -0.119. The number of hydrogen-bond acceptors (Lipinski definition) is 3. The van der Waals surface area contributed by atoms with Crippen LogP contribution in [0.15, 0.2) is 30.5 Å². The Morgan fingerprint density at radius 3 is 3.05 bits per heavy atom. The van der Waals surface area contributed by atoms with Crippen molar-refractivity contribution in [2.24, 2.45) is 5.92 Å². The molecule has 1 amide bonds. The fraction of sp³-hybridized carbons (Fsp3) is 0.375. The minimum absolute atomic E-state index is 0.0619. The van der Waals surface area contributed by atoms with Gasteiger partial charge in [-0.25, -0.2) is 4.98 Å². The molecule has 0 bridgehead atoms. The molecule has 0 radical (unpaired) electrons. The highest BCUT2D eigenvalue weighted by Gasteiger charge is 2.41. The molecular weight excluding hydrogens is 302 g/mol. The fourth-order valence-corrected chi connectivity index (χ4v) is 2.84. The van der Waals surface area contributed by atoms with E-state index >= 15 is 0 Å². The van der Waals surface area contributed by atoms with Crippen molar-refractivity contribution in [1.29, 1.82) is 0 Å². The first-order valence-electron chi connectivity index (χ1n) is 7.27. The Morgan fingerprint density at radius 2 is 2.36 bits per heavy atom. The predicted molar refractivity (Wildman–Crippen MR) is 85.6 cm³/mol. The van der Waals surface area contributed by atoms with Gasteiger partial charge in [-0.3, -0.25) is 9.20 Å². The molecule has 0 spiro atoms. The van der Waals surface area contributed by atoms with Crippen LogP contribution >= 0.6 is 11.6 Å². The number of nitrogens with zero attached hydrogens (tertiary/aromatic N) is 2. The molecule has 2 heterocycles. The normalized spacial score (nSPS) is 17.8. The number of amides is 1. The van der Waals surface area contributed by atoms with E-state index < -0.39 is 5.54 Å². The molecule has 5 nitrogen and oxygen atoms in total. The number of aliphatic hydroxyl groups is 1. The first-order valence-corrected chi connectivity index (χ1v) is 7.65. The lowest BCUT2D eigenvalue weighted by atomic mass is 9.97. The molecular formula is C16H18ClN3O2. The monoisotopic (exact) mass is 319 g/mol. The molecule has 1 fully saturated rings. The fourth-order valence-electron chi connectivity index (χ4n) is 2.60. The van der Waals surface area contributed by atoms with Gasteiger partial charge in [-0.1, -0.05) is 17.7 Å². The summed E-state index contributed by atoms with van der Waals surface area (Å²) in [5.41, 5.74) is 0.834. The number of aliphatic hydroxyl groups excluding tert-OH is 1. The molecule has 2 aromatic heterocycles. The molecule has 3 rings (SSSR count). The zero-order chi connectivity index (χ0) is 15.7. The maximum atomic E-state index is 12.1. The molecule has 1 atom stereocenters. The number of carbonyl (C=O) groups is 1. The Hall–Kier alpha value is -1.85. The van der Waals surface area contributed by atoms with Gasteiger partial charge in [0.25, 0.3) is 0 Å². The maximum Gasteiger partial charge on any atom is 0.244 e. The van der Waals surface area contributed by atoms with Gasteiger partial charge >= 0.3 is 0 Å². The molecule has 1 aliphatic rings. The van der Waals surface area contributed by atoms with Crippen LogP contribution in [0.25, 0.3) is 11.7 Å². The summed E-state index contributed by atoms with van der Waals surface area (Å²) in [4.78, 5) is 16.3. The average Bonchev–Trinajstić information content (AvgIpc) is 3.30. The number of carbonyl (C=O) groups excluding carboxylic acids is 1. The van der Waals surface area contributed by atoms with E-state index in [1.54, 1.807) is 6.08 Å². The number of aromatic nitrogens is 2. The first kappa shape index (κ1) is 15.1. The van der Waals surface area contributed by atoms with Crippen LogP contribution in [0.1, 0.15) is 25.5 Å². The van der Waals surface area contributed by atoms with Crippen molar-refractivity contribution < 1.29 is 9.90 Å². The van der Waals surface area contributed by atoms with Crippen molar-refractivity contribution >= 4 is 29.2 Å². The number of nitrogens with one attached hydrogen (secondary N) is 1. The average molecular weight is 320 g/mol. The van der Waals surface area contributed by atoms with Crippen LogP contribution in [-0.2, 0) is 4.79 Å². The predicted octanol–water partition coefficient (Wildman–Crippen LogP) is 2.28. The third-order valence-electron chi connectivity index (χ3n) is 4.13. The number of hydrogen-bond donors (Lipinski definition) is 2. The van der Waals surface area contributed by atoms with Gasteiger partial charge in [0.2, 0.25) is 5.91 Å². The molecule has 1 aliphatic carbocycles. The van der Waals surface area contributed by atoms with E-state index in [4.69, 9.17) is 11.6 Å². The standard InChI is InChI=1S/C16H18ClN3O2/c1-16(10-21,11-5-6-11)19-14(22)8-7-12-15(17)18-13-4-2-3-9-20(12)13/h2-4,7-9,11,21H,5-6,10H2,1H3,(H,19,22)/b8-7+. The zero-order valence-corrected chi connectivity index (χ0v) is 13.0. The summed E-state index contributed by atoms with van der Waals surface area (Å²) < 4.78 is 1.82. The Labute approximate surface area is 133 Å². The highest BCUT2D eigenvalue weighted by Crippen LogP contribution is 2.39. The van der Waals surface area contributed by atoms with Gasteiger partial charge in [0.05, 0.1) is 17.8 Å². The molecule has 1 saturated carbocycles. The summed E-state index contributed by atoms with van der Waals surface area (Å²) >= 11 is 6.12. The smallest absolute Gasteiger partial charge is 0.244 e. The van der Waals surface area contributed by atoms with Crippen molar-refractivity contribution in [3.8, 4) is 0 Å². The zero-order valence-electron chi connectivity index (χ0n) is 12.3. The van der Waals surface area contributed by atoms with E-state index in [1.807, 2.05) is 35.7 Å². The number of rotatable bonds is 5. The molecule has 116 valence electrons. The van der Waals surface area contributed by atoms with Gasteiger partial charge in [0.15, 0.2) is 5.15 Å². The Morgan fingerprint density at radius 1 is 1.59 bits per heavy atom. The molecule has 1 unspecified atom stereocenters. The van der Waals surface area contributed by atoms with E-state index in [0.717, 1.165) is 18.5 Å². The topological polar surface area (TPSA) is 66.6 Å². The first-order chi connectivity index (χ1) is 10.5. The Balaban J connectivity index is 1.78. The van der Waals surface area contributed by atoms with Crippen LogP contribution in [0.3, 0.4) is 0 Å². The summed E-state index contributed by atoms with van der Waals surface area (Å²) in [5, 5.41) is 12.7. The van der Waals surface area contributed by atoms with Crippen LogP contribution in [0.5, 0.6) is 0 Å². The van der Waals surface area contributed by atoms with Gasteiger partial charge < -0.3 is 10.4 Å². The lowest BCUT2D eigenvalue weighted by Crippen LogP contribution is -2.50. The summed E-state index contributed by atoms with van der Waals surface area (Å²) in [6, 6.07) is 5.60. The highest BCUT2D eigenvalue weighted by molar-refractivity contribution is 6.31. The largest absolute Gasteiger partial charge is 0.394 e. The van der Waals surface area contributed by atoms with Crippen LogP contribution in [-0.4, -0.2) is 32.5 Å². The van der Waals surface area contributed by atoms with E-state index in [9.17, 15) is 9.90 Å². The second-order valence-electron chi connectivity index (χ2n) is 5.89. The van der Waals surface area contributed by atoms with Crippen LogP contribution < -0.4 is 5.32 Å². The Kier molecular flexibility index (Phi) is 3.93. The van der Waals surface area contributed by atoms with E-state index in [1.165, 1.54) is 6.08 Å². The lowest BCUT2D eigenvalue weighted by Gasteiger charge is -2.28. The van der Waals surface area contributed by atoms with Crippen LogP contribution in [0, 0.1) is 5.92 Å². The molecule has 0 saturated heterocycles. The van der Waals surface area contributed by atoms with Gasteiger partial charge in [0.1, 0.15) is 5.65 Å². The molecule has 22 heavy (non-hydrogen) atoms. The number of imidazole rings is 1. The third-order valence-corrected chi connectivity index (χ3v) is 4.41. The van der Waals surface area contributed by atoms with Gasteiger partial charge in [0, 0.05) is 12.3 Å². The molecule has 2 aromatic rings. The minimum Gasteiger partial charge on any atom is -0.394 e. The third kappa shape index (κ3) is 2.87. The second-order valence-corrected chi connectivity index (χ2v) is 6.25. The summed E-state index contributed by atoms with van der Waals surface area (Å²) in [7, 11) is 0. The van der Waals surface area contributed by atoms with Crippen molar-refractivity contribution in [3.63, 3.8) is 0 Å². The van der Waals surface area contributed by atoms with Gasteiger partial charge in [-0.05, 0) is 43.9 Å². The SMILES string of the molecule is CC(CO)(NC(=O)/C=C/c1c(Cl)nc2ccccn12)C1CC1. The van der Waals surface area contributed by atoms with Crippen molar-refractivity contribution in [1.82, 2.24) is 14.7 Å². The van der Waals surface area contributed by atoms with Gasteiger partial charge in [-0.15, -0.1) is 0 Å². The second kappa shape index (κ2) is 5.74. The van der Waals surface area contributed by atoms with Crippen molar-refractivity contribution in [2.45, 2.75) is 25.3 Å². The molecule has 0 aliphatic heterocycles. The van der Waals surface area contributed by atoms with Crippen molar-refractivity contribution in [3.05, 3.63) is 41.3 Å². The molecule has 0 aromatic carbocycles. The number of fused-ring (bicyclic) bond motifs is 1. The highest BCUT2D eigenvalue weighted by atomic mass is 35.5. The Bertz CT molecular complexity index is 736. The molecule has 2 N–H and O–H groups in total. The van der Waals surface area contributed by atoms with Crippen LogP contribution in [0.4, 0.5) is 0 Å². The van der Waals surface area contributed by atoms with Crippen molar-refractivity contribution in [2.75, 3.05) is 6.61 Å². The molecule has 6 heteroatoms. The van der Waals surface area contributed by atoms with Gasteiger partial charge in [-0.2, -0.15) is 0 Å².